The van der Waals surface area contributed by atoms with E-state index >= 15 is 0 Å². The molecule has 0 bridgehead atoms. The van der Waals surface area contributed by atoms with Crippen LogP contribution >= 0.6 is 11.5 Å². The number of hydrogen-bond acceptors (Lipinski definition) is 5. The summed E-state index contributed by atoms with van der Waals surface area (Å²) < 4.78 is 51.6. The van der Waals surface area contributed by atoms with Crippen molar-refractivity contribution in [2.45, 2.75) is 13.8 Å². The molecule has 0 aliphatic heterocycles. The van der Waals surface area contributed by atoms with Gasteiger partial charge in [-0.3, -0.25) is 4.79 Å². The van der Waals surface area contributed by atoms with Crippen molar-refractivity contribution < 1.29 is 22.7 Å². The average molecular weight is 368 g/mol. The summed E-state index contributed by atoms with van der Waals surface area (Å²) in [7, 11) is 0. The molecular formula is C16H11F3N2O3S. The summed E-state index contributed by atoms with van der Waals surface area (Å²) in [6.07, 6.45) is 1.05. The van der Waals surface area contributed by atoms with Crippen molar-refractivity contribution >= 4 is 28.4 Å². The molecule has 0 fully saturated rings. The van der Waals surface area contributed by atoms with Gasteiger partial charge in [-0.1, -0.05) is 0 Å². The van der Waals surface area contributed by atoms with Crippen molar-refractivity contribution in [2.75, 3.05) is 6.61 Å². The van der Waals surface area contributed by atoms with Crippen LogP contribution in [0.3, 0.4) is 0 Å². The lowest BCUT2D eigenvalue weighted by molar-refractivity contribution is 0.0524. The standard InChI is InChI=1S/C16H11F3N2O3S/c1-3-24-16(23)9-6-21(11-4-7(2)20-25-11)14-8(15(9)22)5-10(17)12(18)13(14)19/h4-6H,3H2,1-2H3. The van der Waals surface area contributed by atoms with E-state index in [0.29, 0.717) is 16.8 Å². The number of halogens is 3. The lowest BCUT2D eigenvalue weighted by Crippen LogP contribution is -2.21. The third-order valence-corrected chi connectivity index (χ3v) is 4.35. The van der Waals surface area contributed by atoms with Gasteiger partial charge in [-0.05, 0) is 37.5 Å². The van der Waals surface area contributed by atoms with E-state index in [4.69, 9.17) is 4.74 Å². The Morgan fingerprint density at radius 3 is 2.60 bits per heavy atom. The number of aromatic nitrogens is 2. The second-order valence-corrected chi connectivity index (χ2v) is 5.93. The molecule has 1 aromatic carbocycles. The molecule has 2 heterocycles. The van der Waals surface area contributed by atoms with Gasteiger partial charge in [0, 0.05) is 6.20 Å². The minimum atomic E-state index is -1.70. The summed E-state index contributed by atoms with van der Waals surface area (Å²) in [5.74, 6) is -5.68. The molecule has 2 aromatic heterocycles. The number of pyridine rings is 1. The highest BCUT2D eigenvalue weighted by Gasteiger charge is 2.24. The lowest BCUT2D eigenvalue weighted by atomic mass is 10.1. The normalized spacial score (nSPS) is 11.1. The van der Waals surface area contributed by atoms with Crippen molar-refractivity contribution in [3.8, 4) is 5.00 Å². The Labute approximate surface area is 143 Å². The Morgan fingerprint density at radius 1 is 1.28 bits per heavy atom. The van der Waals surface area contributed by atoms with Gasteiger partial charge in [-0.15, -0.1) is 0 Å². The largest absolute Gasteiger partial charge is 0.462 e. The van der Waals surface area contributed by atoms with Gasteiger partial charge in [0.25, 0.3) is 0 Å². The van der Waals surface area contributed by atoms with Gasteiger partial charge >= 0.3 is 5.97 Å². The summed E-state index contributed by atoms with van der Waals surface area (Å²) in [6, 6.07) is 2.13. The second-order valence-electron chi connectivity index (χ2n) is 5.15. The maximum Gasteiger partial charge on any atom is 0.343 e. The third kappa shape index (κ3) is 2.80. The van der Waals surface area contributed by atoms with E-state index in [1.807, 2.05) is 0 Å². The van der Waals surface area contributed by atoms with Gasteiger partial charge in [-0.25, -0.2) is 18.0 Å². The number of esters is 1. The van der Waals surface area contributed by atoms with Crippen LogP contribution in [0, 0.1) is 24.4 Å². The Hall–Kier alpha value is -2.68. The molecule has 0 radical (unpaired) electrons. The molecule has 9 heteroatoms. The first-order chi connectivity index (χ1) is 11.8. The van der Waals surface area contributed by atoms with Crippen molar-refractivity contribution in [3.63, 3.8) is 0 Å². The van der Waals surface area contributed by atoms with Gasteiger partial charge in [-0.2, -0.15) is 4.37 Å². The van der Waals surface area contributed by atoms with Crippen LogP contribution in [0.1, 0.15) is 23.0 Å². The maximum atomic E-state index is 14.4. The van der Waals surface area contributed by atoms with E-state index in [0.717, 1.165) is 22.3 Å². The maximum absolute atomic E-state index is 14.4. The van der Waals surface area contributed by atoms with Crippen molar-refractivity contribution in [3.05, 3.63) is 57.3 Å². The quantitative estimate of drug-likeness (QED) is 0.525. The molecule has 0 saturated carbocycles. The van der Waals surface area contributed by atoms with E-state index in [-0.39, 0.29) is 6.61 Å². The van der Waals surface area contributed by atoms with Crippen LogP contribution in [-0.4, -0.2) is 21.5 Å². The van der Waals surface area contributed by atoms with Gasteiger partial charge in [0.2, 0.25) is 5.43 Å². The summed E-state index contributed by atoms with van der Waals surface area (Å²) in [5, 5.41) is -0.133. The number of aryl methyl sites for hydroxylation is 1. The van der Waals surface area contributed by atoms with Crippen molar-refractivity contribution in [1.29, 1.82) is 0 Å². The highest BCUT2D eigenvalue weighted by Crippen LogP contribution is 2.26. The number of carbonyl (C=O) groups is 1. The van der Waals surface area contributed by atoms with Crippen LogP contribution in [0.15, 0.2) is 23.1 Å². The minimum Gasteiger partial charge on any atom is -0.462 e. The molecule has 5 nitrogen and oxygen atoms in total. The minimum absolute atomic E-state index is 0.0160. The number of carbonyl (C=O) groups excluding carboxylic acids is 1. The zero-order valence-corrected chi connectivity index (χ0v) is 13.9. The highest BCUT2D eigenvalue weighted by atomic mass is 32.1. The first-order valence-electron chi connectivity index (χ1n) is 7.18. The summed E-state index contributed by atoms with van der Waals surface area (Å²) in [6.45, 7) is 3.26. The van der Waals surface area contributed by atoms with Gasteiger partial charge in [0.1, 0.15) is 10.6 Å². The molecular weight excluding hydrogens is 357 g/mol. The summed E-state index contributed by atoms with van der Waals surface area (Å²) >= 11 is 0.952. The summed E-state index contributed by atoms with van der Waals surface area (Å²) in [4.78, 5) is 24.5. The summed E-state index contributed by atoms with van der Waals surface area (Å²) in [5.41, 5.74) is -1.22. The van der Waals surface area contributed by atoms with E-state index in [1.165, 1.54) is 0 Å². The van der Waals surface area contributed by atoms with Crippen LogP contribution in [0.25, 0.3) is 15.9 Å². The third-order valence-electron chi connectivity index (χ3n) is 3.47. The molecule has 0 saturated heterocycles. The zero-order valence-electron chi connectivity index (χ0n) is 13.1. The number of rotatable bonds is 3. The first-order valence-corrected chi connectivity index (χ1v) is 7.96. The molecule has 25 heavy (non-hydrogen) atoms. The van der Waals surface area contributed by atoms with E-state index in [2.05, 4.69) is 4.37 Å². The van der Waals surface area contributed by atoms with Gasteiger partial charge in [0.05, 0.1) is 23.2 Å². The van der Waals surface area contributed by atoms with Crippen LogP contribution in [0.4, 0.5) is 13.2 Å². The zero-order chi connectivity index (χ0) is 18.3. The number of benzene rings is 1. The van der Waals surface area contributed by atoms with E-state index in [1.54, 1.807) is 19.9 Å². The number of fused-ring (bicyclic) bond motifs is 1. The lowest BCUT2D eigenvalue weighted by Gasteiger charge is -2.12. The van der Waals surface area contributed by atoms with Crippen LogP contribution in [-0.2, 0) is 4.74 Å². The molecule has 0 spiro atoms. The molecule has 0 aliphatic rings. The molecule has 0 atom stereocenters. The molecule has 0 unspecified atom stereocenters. The van der Waals surface area contributed by atoms with Gasteiger partial charge < -0.3 is 9.30 Å². The fraction of sp³-hybridized carbons (Fsp3) is 0.188. The number of ether oxygens (including phenoxy) is 1. The molecule has 0 N–H and O–H groups in total. The topological polar surface area (TPSA) is 61.2 Å². The van der Waals surface area contributed by atoms with Gasteiger partial charge in [0.15, 0.2) is 17.5 Å². The van der Waals surface area contributed by atoms with Crippen molar-refractivity contribution in [2.24, 2.45) is 0 Å². The SMILES string of the molecule is CCOC(=O)c1cn(-c2cc(C)ns2)c2c(F)c(F)c(F)cc2c1=O. The van der Waals surface area contributed by atoms with Crippen LogP contribution in [0.5, 0.6) is 0 Å². The highest BCUT2D eigenvalue weighted by molar-refractivity contribution is 7.08. The molecule has 0 amide bonds. The number of hydrogen-bond donors (Lipinski definition) is 0. The molecule has 3 rings (SSSR count). The predicted molar refractivity (Wildman–Crippen MR) is 85.8 cm³/mol. The average Bonchev–Trinajstić information content (AvgIpc) is 3.00. The van der Waals surface area contributed by atoms with Crippen LogP contribution < -0.4 is 5.43 Å². The van der Waals surface area contributed by atoms with Crippen LogP contribution in [0.2, 0.25) is 0 Å². The Bertz CT molecular complexity index is 1060. The Kier molecular flexibility index (Phi) is 4.34. The smallest absolute Gasteiger partial charge is 0.343 e. The fourth-order valence-corrected chi connectivity index (χ4v) is 3.13. The first kappa shape index (κ1) is 17.2. The predicted octanol–water partition coefficient (Wildman–Crippen LogP) is 3.35. The number of nitrogens with zero attached hydrogens (tertiary/aromatic N) is 2. The Balaban J connectivity index is 2.47. The van der Waals surface area contributed by atoms with E-state index in [9.17, 15) is 22.8 Å². The van der Waals surface area contributed by atoms with Crippen molar-refractivity contribution in [1.82, 2.24) is 8.94 Å². The van der Waals surface area contributed by atoms with E-state index < -0.39 is 45.3 Å². The molecule has 3 aromatic rings. The molecule has 130 valence electrons. The molecule has 0 aliphatic carbocycles. The monoisotopic (exact) mass is 368 g/mol. The Morgan fingerprint density at radius 2 is 2.00 bits per heavy atom. The second kappa shape index (κ2) is 6.32. The fourth-order valence-electron chi connectivity index (χ4n) is 2.38.